The molecular formula is C12H21N3O2. The van der Waals surface area contributed by atoms with Gasteiger partial charge < -0.3 is 16.0 Å². The second-order valence-electron chi connectivity index (χ2n) is 5.21. The van der Waals surface area contributed by atoms with E-state index >= 15 is 0 Å². The van der Waals surface area contributed by atoms with Gasteiger partial charge in [0.15, 0.2) is 0 Å². The fourth-order valence-corrected chi connectivity index (χ4v) is 2.76. The molecule has 3 atom stereocenters. The largest absolute Gasteiger partial charge is 0.344 e. The van der Waals surface area contributed by atoms with E-state index in [-0.39, 0.29) is 23.9 Å². The normalized spacial score (nSPS) is 33.6. The van der Waals surface area contributed by atoms with Gasteiger partial charge in [-0.15, -0.1) is 0 Å². The van der Waals surface area contributed by atoms with Gasteiger partial charge in [-0.1, -0.05) is 6.92 Å². The predicted octanol–water partition coefficient (Wildman–Crippen LogP) is -0.149. The third-order valence-corrected chi connectivity index (χ3v) is 3.83. The Morgan fingerprint density at radius 3 is 2.88 bits per heavy atom. The molecule has 2 amide bonds. The summed E-state index contributed by atoms with van der Waals surface area (Å²) in [6.45, 7) is 3.48. The third kappa shape index (κ3) is 2.60. The minimum absolute atomic E-state index is 0.0157. The van der Waals surface area contributed by atoms with Gasteiger partial charge in [-0.2, -0.15) is 0 Å². The average molecular weight is 239 g/mol. The number of carbonyl (C=O) groups is 2. The Hall–Kier alpha value is -1.10. The van der Waals surface area contributed by atoms with Gasteiger partial charge in [-0.05, 0) is 25.2 Å². The van der Waals surface area contributed by atoms with E-state index in [1.165, 1.54) is 0 Å². The standard InChI is InChI=1S/C12H21N3O2/c1-8-4-5-15(9(6-8)7-13)12(17)10-2-3-11(16)14-10/h8-10H,2-7,13H2,1H3,(H,14,16)/t8?,9?,10-/m0/s1. The molecule has 0 aromatic carbocycles. The molecule has 3 N–H and O–H groups in total. The number of rotatable bonds is 2. The highest BCUT2D eigenvalue weighted by molar-refractivity contribution is 5.91. The van der Waals surface area contributed by atoms with Gasteiger partial charge in [0.25, 0.3) is 0 Å². The maximum Gasteiger partial charge on any atom is 0.245 e. The SMILES string of the molecule is CC1CCN(C(=O)[C@@H]2CCC(=O)N2)C(CN)C1. The molecule has 2 aliphatic heterocycles. The van der Waals surface area contributed by atoms with Gasteiger partial charge >= 0.3 is 0 Å². The summed E-state index contributed by atoms with van der Waals surface area (Å²) in [5, 5.41) is 2.74. The Morgan fingerprint density at radius 2 is 2.29 bits per heavy atom. The highest BCUT2D eigenvalue weighted by atomic mass is 16.2. The van der Waals surface area contributed by atoms with Crippen LogP contribution in [0.4, 0.5) is 0 Å². The molecule has 0 spiro atoms. The Morgan fingerprint density at radius 1 is 1.53 bits per heavy atom. The zero-order valence-electron chi connectivity index (χ0n) is 10.3. The van der Waals surface area contributed by atoms with Crippen molar-refractivity contribution in [2.75, 3.05) is 13.1 Å². The van der Waals surface area contributed by atoms with Crippen LogP contribution >= 0.6 is 0 Å². The number of likely N-dealkylation sites (tertiary alicyclic amines) is 1. The lowest BCUT2D eigenvalue weighted by molar-refractivity contribution is -0.138. The summed E-state index contributed by atoms with van der Waals surface area (Å²) in [6.07, 6.45) is 3.10. The zero-order chi connectivity index (χ0) is 12.4. The van der Waals surface area contributed by atoms with E-state index in [1.54, 1.807) is 0 Å². The summed E-state index contributed by atoms with van der Waals surface area (Å²) in [7, 11) is 0. The van der Waals surface area contributed by atoms with Crippen molar-refractivity contribution in [3.63, 3.8) is 0 Å². The first kappa shape index (κ1) is 12.4. The van der Waals surface area contributed by atoms with Gasteiger partial charge in [0.05, 0.1) is 0 Å². The molecule has 96 valence electrons. The molecule has 0 aromatic rings. The van der Waals surface area contributed by atoms with Crippen LogP contribution in [-0.2, 0) is 9.59 Å². The lowest BCUT2D eigenvalue weighted by Gasteiger charge is -2.39. The first-order valence-corrected chi connectivity index (χ1v) is 6.41. The molecule has 17 heavy (non-hydrogen) atoms. The lowest BCUT2D eigenvalue weighted by Crippen LogP contribution is -2.54. The van der Waals surface area contributed by atoms with E-state index in [0.29, 0.717) is 25.3 Å². The van der Waals surface area contributed by atoms with Crippen LogP contribution < -0.4 is 11.1 Å². The van der Waals surface area contributed by atoms with Gasteiger partial charge in [0, 0.05) is 25.6 Å². The fraction of sp³-hybridized carbons (Fsp3) is 0.833. The summed E-state index contributed by atoms with van der Waals surface area (Å²) < 4.78 is 0. The summed E-state index contributed by atoms with van der Waals surface area (Å²) >= 11 is 0. The number of nitrogens with one attached hydrogen (secondary N) is 1. The number of carbonyl (C=O) groups excluding carboxylic acids is 2. The van der Waals surface area contributed by atoms with Crippen LogP contribution in [0, 0.1) is 5.92 Å². The van der Waals surface area contributed by atoms with Crippen molar-refractivity contribution in [2.45, 2.75) is 44.7 Å². The van der Waals surface area contributed by atoms with Crippen LogP contribution in [0.1, 0.15) is 32.6 Å². The van der Waals surface area contributed by atoms with Gasteiger partial charge in [0.1, 0.15) is 6.04 Å². The Bertz CT molecular complexity index is 319. The van der Waals surface area contributed by atoms with E-state index in [2.05, 4.69) is 12.2 Å². The number of piperidine rings is 1. The average Bonchev–Trinajstić information content (AvgIpc) is 2.75. The Balaban J connectivity index is 2.00. The second-order valence-corrected chi connectivity index (χ2v) is 5.21. The molecule has 2 fully saturated rings. The molecule has 2 heterocycles. The van der Waals surface area contributed by atoms with E-state index in [9.17, 15) is 9.59 Å². The molecule has 5 nitrogen and oxygen atoms in total. The quantitative estimate of drug-likeness (QED) is 0.703. The van der Waals surface area contributed by atoms with E-state index < -0.39 is 0 Å². The number of nitrogens with zero attached hydrogens (tertiary/aromatic N) is 1. The first-order valence-electron chi connectivity index (χ1n) is 6.41. The van der Waals surface area contributed by atoms with Crippen LogP contribution in [-0.4, -0.2) is 41.9 Å². The highest BCUT2D eigenvalue weighted by Crippen LogP contribution is 2.23. The number of hydrogen-bond acceptors (Lipinski definition) is 3. The molecule has 2 rings (SSSR count). The van der Waals surface area contributed by atoms with Crippen molar-refractivity contribution in [3.8, 4) is 0 Å². The lowest BCUT2D eigenvalue weighted by atomic mass is 9.92. The summed E-state index contributed by atoms with van der Waals surface area (Å²) in [5.74, 6) is 0.669. The number of nitrogens with two attached hydrogens (primary N) is 1. The maximum absolute atomic E-state index is 12.3. The number of hydrogen-bond donors (Lipinski definition) is 2. The van der Waals surface area contributed by atoms with Gasteiger partial charge in [-0.25, -0.2) is 0 Å². The topological polar surface area (TPSA) is 75.4 Å². The van der Waals surface area contributed by atoms with Crippen molar-refractivity contribution in [2.24, 2.45) is 11.7 Å². The van der Waals surface area contributed by atoms with Crippen molar-refractivity contribution >= 4 is 11.8 Å². The van der Waals surface area contributed by atoms with Crippen molar-refractivity contribution in [1.82, 2.24) is 10.2 Å². The molecule has 5 heteroatoms. The minimum atomic E-state index is -0.315. The maximum atomic E-state index is 12.3. The fourth-order valence-electron chi connectivity index (χ4n) is 2.76. The minimum Gasteiger partial charge on any atom is -0.344 e. The predicted molar refractivity (Wildman–Crippen MR) is 64.1 cm³/mol. The Labute approximate surface area is 102 Å². The number of amides is 2. The summed E-state index contributed by atoms with van der Waals surface area (Å²) in [5.41, 5.74) is 5.74. The molecule has 0 radical (unpaired) electrons. The Kier molecular flexibility index (Phi) is 3.66. The molecule has 2 saturated heterocycles. The molecule has 2 aliphatic rings. The molecule has 0 saturated carbocycles. The molecule has 0 aromatic heterocycles. The first-order chi connectivity index (χ1) is 8.11. The third-order valence-electron chi connectivity index (χ3n) is 3.83. The van der Waals surface area contributed by atoms with E-state index in [4.69, 9.17) is 5.73 Å². The highest BCUT2D eigenvalue weighted by Gasteiger charge is 2.35. The van der Waals surface area contributed by atoms with Crippen molar-refractivity contribution in [1.29, 1.82) is 0 Å². The van der Waals surface area contributed by atoms with Gasteiger partial charge in [-0.3, -0.25) is 9.59 Å². The zero-order valence-corrected chi connectivity index (χ0v) is 10.3. The second kappa shape index (κ2) is 5.04. The smallest absolute Gasteiger partial charge is 0.245 e. The van der Waals surface area contributed by atoms with Crippen LogP contribution in [0.3, 0.4) is 0 Å². The van der Waals surface area contributed by atoms with Crippen molar-refractivity contribution < 1.29 is 9.59 Å². The molecule has 0 bridgehead atoms. The summed E-state index contributed by atoms with van der Waals surface area (Å²) in [6, 6.07) is -0.172. The van der Waals surface area contributed by atoms with E-state index in [0.717, 1.165) is 19.4 Å². The molecule has 0 aliphatic carbocycles. The molecule has 2 unspecified atom stereocenters. The summed E-state index contributed by atoms with van der Waals surface area (Å²) in [4.78, 5) is 25.3. The van der Waals surface area contributed by atoms with Crippen LogP contribution in [0.25, 0.3) is 0 Å². The van der Waals surface area contributed by atoms with E-state index in [1.807, 2.05) is 4.90 Å². The van der Waals surface area contributed by atoms with Crippen LogP contribution in [0.15, 0.2) is 0 Å². The van der Waals surface area contributed by atoms with Gasteiger partial charge in [0.2, 0.25) is 11.8 Å². The van der Waals surface area contributed by atoms with Crippen molar-refractivity contribution in [3.05, 3.63) is 0 Å². The van der Waals surface area contributed by atoms with Crippen LogP contribution in [0.2, 0.25) is 0 Å². The molecular weight excluding hydrogens is 218 g/mol. The van der Waals surface area contributed by atoms with Crippen LogP contribution in [0.5, 0.6) is 0 Å². The monoisotopic (exact) mass is 239 g/mol.